The number of carbonyl (C=O) groups is 1. The van der Waals surface area contributed by atoms with Gasteiger partial charge in [0.2, 0.25) is 5.91 Å². The topological polar surface area (TPSA) is 55.1 Å². The van der Waals surface area contributed by atoms with Gasteiger partial charge in [0, 0.05) is 12.1 Å². The molecule has 1 aromatic rings. The first-order chi connectivity index (χ1) is 8.41. The fourth-order valence-electron chi connectivity index (χ4n) is 1.46. The third-order valence-electron chi connectivity index (χ3n) is 3.15. The van der Waals surface area contributed by atoms with Gasteiger partial charge in [0.05, 0.1) is 10.4 Å². The standard InChI is InChI=1S/C13H17FN2OS/c1-3-13(2,11(15)18)12(17)16-8-9-6-4-5-7-10(9)14/h4-7H,3,8H2,1-2H3,(H2,15,18)(H,16,17). The lowest BCUT2D eigenvalue weighted by Gasteiger charge is -2.25. The number of benzene rings is 1. The van der Waals surface area contributed by atoms with E-state index in [0.29, 0.717) is 12.0 Å². The lowest BCUT2D eigenvalue weighted by Crippen LogP contribution is -2.46. The summed E-state index contributed by atoms with van der Waals surface area (Å²) in [5, 5.41) is 2.67. The SMILES string of the molecule is CCC(C)(C(=O)NCc1ccccc1F)C(N)=S. The van der Waals surface area contributed by atoms with E-state index in [2.05, 4.69) is 5.32 Å². The van der Waals surface area contributed by atoms with E-state index in [1.807, 2.05) is 6.92 Å². The van der Waals surface area contributed by atoms with Crippen LogP contribution >= 0.6 is 12.2 Å². The molecule has 0 fully saturated rings. The Hall–Kier alpha value is -1.49. The Bertz CT molecular complexity index is 464. The van der Waals surface area contributed by atoms with Gasteiger partial charge in [0.1, 0.15) is 5.82 Å². The lowest BCUT2D eigenvalue weighted by atomic mass is 9.86. The van der Waals surface area contributed by atoms with Gasteiger partial charge in [-0.2, -0.15) is 0 Å². The first-order valence-electron chi connectivity index (χ1n) is 5.73. The van der Waals surface area contributed by atoms with Crippen molar-refractivity contribution < 1.29 is 9.18 Å². The number of hydrogen-bond donors (Lipinski definition) is 2. The summed E-state index contributed by atoms with van der Waals surface area (Å²) in [7, 11) is 0. The number of rotatable bonds is 5. The van der Waals surface area contributed by atoms with Crippen LogP contribution in [0.1, 0.15) is 25.8 Å². The van der Waals surface area contributed by atoms with Gasteiger partial charge in [-0.1, -0.05) is 37.3 Å². The van der Waals surface area contributed by atoms with E-state index >= 15 is 0 Å². The minimum atomic E-state index is -0.888. The Labute approximate surface area is 112 Å². The lowest BCUT2D eigenvalue weighted by molar-refractivity contribution is -0.127. The minimum absolute atomic E-state index is 0.129. The Kier molecular flexibility index (Phi) is 4.78. The summed E-state index contributed by atoms with van der Waals surface area (Å²) in [6.07, 6.45) is 0.505. The largest absolute Gasteiger partial charge is 0.392 e. The fraction of sp³-hybridized carbons (Fsp3) is 0.385. The van der Waals surface area contributed by atoms with Gasteiger partial charge in [-0.05, 0) is 19.4 Å². The molecule has 3 N–H and O–H groups in total. The van der Waals surface area contributed by atoms with Crippen LogP contribution in [-0.4, -0.2) is 10.9 Å². The normalized spacial score (nSPS) is 13.7. The summed E-state index contributed by atoms with van der Waals surface area (Å²) < 4.78 is 13.4. The van der Waals surface area contributed by atoms with Crippen LogP contribution in [0.4, 0.5) is 4.39 Å². The third-order valence-corrected chi connectivity index (χ3v) is 3.60. The van der Waals surface area contributed by atoms with Crippen molar-refractivity contribution >= 4 is 23.1 Å². The number of amides is 1. The van der Waals surface area contributed by atoms with E-state index in [1.165, 1.54) is 6.07 Å². The second-order valence-corrected chi connectivity index (χ2v) is 4.76. The Morgan fingerprint density at radius 2 is 2.11 bits per heavy atom. The molecule has 0 aliphatic carbocycles. The van der Waals surface area contributed by atoms with Crippen LogP contribution in [0.15, 0.2) is 24.3 Å². The Morgan fingerprint density at radius 1 is 1.50 bits per heavy atom. The van der Waals surface area contributed by atoms with Gasteiger partial charge in [-0.3, -0.25) is 4.79 Å². The molecule has 0 heterocycles. The first kappa shape index (κ1) is 14.6. The first-order valence-corrected chi connectivity index (χ1v) is 6.14. The summed E-state index contributed by atoms with van der Waals surface area (Å²) in [5.74, 6) is -0.618. The highest BCUT2D eigenvalue weighted by atomic mass is 32.1. The van der Waals surface area contributed by atoms with Crippen molar-refractivity contribution in [1.29, 1.82) is 0 Å². The van der Waals surface area contributed by atoms with E-state index in [4.69, 9.17) is 18.0 Å². The van der Waals surface area contributed by atoms with E-state index in [1.54, 1.807) is 25.1 Å². The fourth-order valence-corrected chi connectivity index (χ4v) is 1.70. The molecule has 1 atom stereocenters. The van der Waals surface area contributed by atoms with E-state index in [-0.39, 0.29) is 23.3 Å². The zero-order valence-corrected chi connectivity index (χ0v) is 11.3. The van der Waals surface area contributed by atoms with Crippen LogP contribution in [0.25, 0.3) is 0 Å². The van der Waals surface area contributed by atoms with Crippen molar-refractivity contribution in [3.05, 3.63) is 35.6 Å². The smallest absolute Gasteiger partial charge is 0.233 e. The highest BCUT2D eigenvalue weighted by molar-refractivity contribution is 7.80. The van der Waals surface area contributed by atoms with E-state index in [0.717, 1.165) is 0 Å². The number of hydrogen-bond acceptors (Lipinski definition) is 2. The van der Waals surface area contributed by atoms with Gasteiger partial charge < -0.3 is 11.1 Å². The minimum Gasteiger partial charge on any atom is -0.392 e. The highest BCUT2D eigenvalue weighted by Gasteiger charge is 2.34. The van der Waals surface area contributed by atoms with Crippen molar-refractivity contribution in [3.8, 4) is 0 Å². The van der Waals surface area contributed by atoms with E-state index in [9.17, 15) is 9.18 Å². The maximum absolute atomic E-state index is 13.4. The van der Waals surface area contributed by atoms with Gasteiger partial charge >= 0.3 is 0 Å². The van der Waals surface area contributed by atoms with Crippen molar-refractivity contribution in [2.75, 3.05) is 0 Å². The number of thiocarbonyl (C=S) groups is 1. The molecule has 0 bridgehead atoms. The zero-order valence-electron chi connectivity index (χ0n) is 10.5. The molecule has 0 saturated carbocycles. The van der Waals surface area contributed by atoms with Crippen LogP contribution in [0.3, 0.4) is 0 Å². The summed E-state index contributed by atoms with van der Waals surface area (Å²) in [6, 6.07) is 6.30. The summed E-state index contributed by atoms with van der Waals surface area (Å²) in [4.78, 5) is 12.2. The van der Waals surface area contributed by atoms with Crippen LogP contribution in [0.2, 0.25) is 0 Å². The summed E-state index contributed by atoms with van der Waals surface area (Å²) in [5.41, 5.74) is 5.13. The molecule has 18 heavy (non-hydrogen) atoms. The number of halogens is 1. The zero-order chi connectivity index (χ0) is 13.8. The van der Waals surface area contributed by atoms with Crippen LogP contribution in [0.5, 0.6) is 0 Å². The second-order valence-electron chi connectivity index (χ2n) is 4.32. The maximum atomic E-state index is 13.4. The van der Waals surface area contributed by atoms with E-state index < -0.39 is 5.41 Å². The van der Waals surface area contributed by atoms with Crippen LogP contribution < -0.4 is 11.1 Å². The Balaban J connectivity index is 2.72. The number of nitrogens with two attached hydrogens (primary N) is 1. The maximum Gasteiger partial charge on any atom is 0.233 e. The summed E-state index contributed by atoms with van der Waals surface area (Å²) in [6.45, 7) is 3.65. The highest BCUT2D eigenvalue weighted by Crippen LogP contribution is 2.22. The molecule has 0 saturated heterocycles. The molecule has 1 rings (SSSR count). The molecule has 0 radical (unpaired) electrons. The molecule has 0 aliphatic heterocycles. The molecule has 0 aliphatic rings. The molecular formula is C13H17FN2OS. The quantitative estimate of drug-likeness (QED) is 0.804. The number of nitrogens with one attached hydrogen (secondary N) is 1. The molecule has 0 aromatic heterocycles. The van der Waals surface area contributed by atoms with Crippen molar-refractivity contribution in [2.45, 2.75) is 26.8 Å². The molecule has 1 amide bonds. The molecule has 98 valence electrons. The monoisotopic (exact) mass is 268 g/mol. The van der Waals surface area contributed by atoms with Crippen molar-refractivity contribution in [3.63, 3.8) is 0 Å². The van der Waals surface area contributed by atoms with Crippen molar-refractivity contribution in [2.24, 2.45) is 11.1 Å². The van der Waals surface area contributed by atoms with Crippen LogP contribution in [-0.2, 0) is 11.3 Å². The average molecular weight is 268 g/mol. The molecule has 3 nitrogen and oxygen atoms in total. The average Bonchev–Trinajstić information content (AvgIpc) is 2.36. The molecular weight excluding hydrogens is 251 g/mol. The van der Waals surface area contributed by atoms with Gasteiger partial charge in [-0.25, -0.2) is 4.39 Å². The molecule has 0 spiro atoms. The molecule has 5 heteroatoms. The van der Waals surface area contributed by atoms with Gasteiger partial charge in [0.15, 0.2) is 0 Å². The Morgan fingerprint density at radius 3 is 2.61 bits per heavy atom. The van der Waals surface area contributed by atoms with Crippen LogP contribution in [0, 0.1) is 11.2 Å². The third kappa shape index (κ3) is 3.04. The second kappa shape index (κ2) is 5.91. The van der Waals surface area contributed by atoms with Gasteiger partial charge in [-0.15, -0.1) is 0 Å². The van der Waals surface area contributed by atoms with Gasteiger partial charge in [0.25, 0.3) is 0 Å². The predicted octanol–water partition coefficient (Wildman–Crippen LogP) is 2.14. The van der Waals surface area contributed by atoms with Crippen molar-refractivity contribution in [1.82, 2.24) is 5.32 Å². The predicted molar refractivity (Wildman–Crippen MR) is 73.4 cm³/mol. The summed E-state index contributed by atoms with van der Waals surface area (Å²) >= 11 is 4.91. The number of carbonyl (C=O) groups excluding carboxylic acids is 1. The molecule has 1 unspecified atom stereocenters. The molecule has 1 aromatic carbocycles.